The van der Waals surface area contributed by atoms with E-state index in [4.69, 9.17) is 4.74 Å². The van der Waals surface area contributed by atoms with Gasteiger partial charge in [0.25, 0.3) is 5.91 Å². The third-order valence-corrected chi connectivity index (χ3v) is 2.13. The number of ether oxygens (including phenoxy) is 1. The van der Waals surface area contributed by atoms with Crippen LogP contribution < -0.4 is 20.7 Å². The number of carbonyl (C=O) groups excluding carboxylic acids is 2. The summed E-state index contributed by atoms with van der Waals surface area (Å²) >= 11 is 0. The molecule has 0 bridgehead atoms. The molecular weight excluding hydrogens is 260 g/mol. The molecule has 0 saturated carbocycles. The Hall–Kier alpha value is -2.31. The van der Waals surface area contributed by atoms with Gasteiger partial charge in [-0.15, -0.1) is 0 Å². The molecule has 3 N–H and O–H groups in total. The van der Waals surface area contributed by atoms with Gasteiger partial charge in [0.15, 0.2) is 6.61 Å². The molecule has 0 aliphatic rings. The molecule has 0 spiro atoms. The number of rotatable bonds is 6. The van der Waals surface area contributed by atoms with E-state index in [0.717, 1.165) is 0 Å². The molecule has 0 atom stereocenters. The number of nitrogens with zero attached hydrogens (tertiary/aromatic N) is 1. The molecule has 1 heterocycles. The summed E-state index contributed by atoms with van der Waals surface area (Å²) in [5.74, 6) is 0.122. The topological polar surface area (TPSA) is 92.4 Å². The fourth-order valence-electron chi connectivity index (χ4n) is 1.38. The SMILES string of the molecule is CCNC(=O)Nc1ccc(OCC(=O)NC(C)C)nc1. The predicted molar refractivity (Wildman–Crippen MR) is 75.7 cm³/mol. The molecule has 1 aromatic rings. The molecule has 0 fully saturated rings. The van der Waals surface area contributed by atoms with Gasteiger partial charge in [0.2, 0.25) is 5.88 Å². The Bertz CT molecular complexity index is 445. The molecule has 0 saturated heterocycles. The normalized spacial score (nSPS) is 10.0. The number of hydrogen-bond donors (Lipinski definition) is 3. The molecule has 0 radical (unpaired) electrons. The predicted octanol–water partition coefficient (Wildman–Crippen LogP) is 1.13. The minimum Gasteiger partial charge on any atom is -0.468 e. The van der Waals surface area contributed by atoms with Gasteiger partial charge in [0.05, 0.1) is 11.9 Å². The van der Waals surface area contributed by atoms with Crippen molar-refractivity contribution in [1.82, 2.24) is 15.6 Å². The van der Waals surface area contributed by atoms with Crippen molar-refractivity contribution in [3.05, 3.63) is 18.3 Å². The Labute approximate surface area is 118 Å². The molecule has 110 valence electrons. The van der Waals surface area contributed by atoms with E-state index in [1.54, 1.807) is 12.1 Å². The summed E-state index contributed by atoms with van der Waals surface area (Å²) in [4.78, 5) is 26.7. The van der Waals surface area contributed by atoms with Crippen molar-refractivity contribution in [2.75, 3.05) is 18.5 Å². The molecule has 0 aliphatic heterocycles. The monoisotopic (exact) mass is 280 g/mol. The third-order valence-electron chi connectivity index (χ3n) is 2.13. The van der Waals surface area contributed by atoms with Gasteiger partial charge < -0.3 is 20.7 Å². The van der Waals surface area contributed by atoms with Gasteiger partial charge in [-0.3, -0.25) is 4.79 Å². The van der Waals surface area contributed by atoms with Gasteiger partial charge >= 0.3 is 6.03 Å². The van der Waals surface area contributed by atoms with Crippen LogP contribution in [0.25, 0.3) is 0 Å². The number of amides is 3. The van der Waals surface area contributed by atoms with Gasteiger partial charge in [-0.05, 0) is 26.8 Å². The van der Waals surface area contributed by atoms with E-state index in [-0.39, 0.29) is 24.6 Å². The Kier molecular flexibility index (Phi) is 6.28. The lowest BCUT2D eigenvalue weighted by Crippen LogP contribution is -2.34. The highest BCUT2D eigenvalue weighted by Crippen LogP contribution is 2.11. The van der Waals surface area contributed by atoms with Crippen LogP contribution >= 0.6 is 0 Å². The van der Waals surface area contributed by atoms with Crippen molar-refractivity contribution in [1.29, 1.82) is 0 Å². The number of anilines is 1. The highest BCUT2D eigenvalue weighted by molar-refractivity contribution is 5.88. The number of nitrogens with one attached hydrogen (secondary N) is 3. The summed E-state index contributed by atoms with van der Waals surface area (Å²) in [7, 11) is 0. The van der Waals surface area contributed by atoms with Crippen molar-refractivity contribution in [3.8, 4) is 5.88 Å². The largest absolute Gasteiger partial charge is 0.468 e. The lowest BCUT2D eigenvalue weighted by Gasteiger charge is -2.09. The Morgan fingerprint density at radius 3 is 2.65 bits per heavy atom. The van der Waals surface area contributed by atoms with Crippen LogP contribution in [0.15, 0.2) is 18.3 Å². The fourth-order valence-corrected chi connectivity index (χ4v) is 1.38. The Morgan fingerprint density at radius 2 is 2.10 bits per heavy atom. The zero-order valence-electron chi connectivity index (χ0n) is 11.9. The highest BCUT2D eigenvalue weighted by atomic mass is 16.5. The molecule has 1 aromatic heterocycles. The van der Waals surface area contributed by atoms with E-state index in [1.165, 1.54) is 6.20 Å². The summed E-state index contributed by atoms with van der Waals surface area (Å²) in [5.41, 5.74) is 0.551. The van der Waals surface area contributed by atoms with Crippen LogP contribution in [0.3, 0.4) is 0 Å². The van der Waals surface area contributed by atoms with Gasteiger partial charge in [-0.1, -0.05) is 0 Å². The number of carbonyl (C=O) groups is 2. The molecule has 0 unspecified atom stereocenters. The fraction of sp³-hybridized carbons (Fsp3) is 0.462. The van der Waals surface area contributed by atoms with E-state index in [2.05, 4.69) is 20.9 Å². The average molecular weight is 280 g/mol. The summed E-state index contributed by atoms with van der Waals surface area (Å²) in [6, 6.07) is 3.02. The van der Waals surface area contributed by atoms with Crippen LogP contribution in [0.5, 0.6) is 5.88 Å². The van der Waals surface area contributed by atoms with Crippen LogP contribution in [0.4, 0.5) is 10.5 Å². The molecule has 7 nitrogen and oxygen atoms in total. The van der Waals surface area contributed by atoms with Gasteiger partial charge in [0, 0.05) is 18.7 Å². The second kappa shape index (κ2) is 7.98. The molecule has 20 heavy (non-hydrogen) atoms. The smallest absolute Gasteiger partial charge is 0.319 e. The molecule has 7 heteroatoms. The maximum Gasteiger partial charge on any atom is 0.319 e. The molecule has 3 amide bonds. The van der Waals surface area contributed by atoms with E-state index in [1.807, 2.05) is 20.8 Å². The second-order valence-electron chi connectivity index (χ2n) is 4.38. The van der Waals surface area contributed by atoms with Crippen molar-refractivity contribution in [3.63, 3.8) is 0 Å². The van der Waals surface area contributed by atoms with Crippen LogP contribution in [0, 0.1) is 0 Å². The molecule has 0 aliphatic carbocycles. The zero-order chi connectivity index (χ0) is 15.0. The minimum atomic E-state index is -0.292. The highest BCUT2D eigenvalue weighted by Gasteiger charge is 2.05. The van der Waals surface area contributed by atoms with E-state index < -0.39 is 0 Å². The maximum absolute atomic E-state index is 11.4. The first-order valence-electron chi connectivity index (χ1n) is 6.44. The van der Waals surface area contributed by atoms with Crippen LogP contribution in [-0.2, 0) is 4.79 Å². The molecule has 1 rings (SSSR count). The number of aromatic nitrogens is 1. The van der Waals surface area contributed by atoms with Crippen LogP contribution in [0.2, 0.25) is 0 Å². The standard InChI is InChI=1S/C13H20N4O3/c1-4-14-13(19)17-10-5-6-12(15-7-10)20-8-11(18)16-9(2)3/h5-7,9H,4,8H2,1-3H3,(H,16,18)(H2,14,17,19). The molecular formula is C13H20N4O3. The van der Waals surface area contributed by atoms with Crippen LogP contribution in [0.1, 0.15) is 20.8 Å². The van der Waals surface area contributed by atoms with Crippen molar-refractivity contribution >= 4 is 17.6 Å². The summed E-state index contributed by atoms with van der Waals surface area (Å²) < 4.78 is 5.22. The van der Waals surface area contributed by atoms with Crippen molar-refractivity contribution < 1.29 is 14.3 Å². The lowest BCUT2D eigenvalue weighted by molar-refractivity contribution is -0.123. The van der Waals surface area contributed by atoms with Gasteiger partial charge in [0.1, 0.15) is 0 Å². The Balaban J connectivity index is 2.42. The van der Waals surface area contributed by atoms with E-state index in [9.17, 15) is 9.59 Å². The summed E-state index contributed by atoms with van der Waals surface area (Å²) in [5, 5.41) is 7.93. The number of urea groups is 1. The lowest BCUT2D eigenvalue weighted by atomic mass is 10.4. The van der Waals surface area contributed by atoms with Crippen molar-refractivity contribution in [2.24, 2.45) is 0 Å². The van der Waals surface area contributed by atoms with Gasteiger partial charge in [-0.2, -0.15) is 0 Å². The maximum atomic E-state index is 11.4. The number of hydrogen-bond acceptors (Lipinski definition) is 4. The third kappa shape index (κ3) is 6.03. The zero-order valence-corrected chi connectivity index (χ0v) is 11.9. The van der Waals surface area contributed by atoms with Gasteiger partial charge in [-0.25, -0.2) is 9.78 Å². The first-order valence-corrected chi connectivity index (χ1v) is 6.44. The quantitative estimate of drug-likeness (QED) is 0.728. The Morgan fingerprint density at radius 1 is 1.35 bits per heavy atom. The van der Waals surface area contributed by atoms with Crippen molar-refractivity contribution in [2.45, 2.75) is 26.8 Å². The minimum absolute atomic E-state index is 0.0720. The number of pyridine rings is 1. The van der Waals surface area contributed by atoms with E-state index >= 15 is 0 Å². The average Bonchev–Trinajstić information content (AvgIpc) is 2.37. The summed E-state index contributed by atoms with van der Waals surface area (Å²) in [6.45, 7) is 6.03. The second-order valence-corrected chi connectivity index (χ2v) is 4.38. The first kappa shape index (κ1) is 15.7. The van der Waals surface area contributed by atoms with Crippen LogP contribution in [-0.4, -0.2) is 36.1 Å². The summed E-state index contributed by atoms with van der Waals surface area (Å²) in [6.07, 6.45) is 1.46. The van der Waals surface area contributed by atoms with E-state index in [0.29, 0.717) is 18.1 Å². The first-order chi connectivity index (χ1) is 9.51. The molecule has 0 aromatic carbocycles.